The lowest BCUT2D eigenvalue weighted by Gasteiger charge is -2.33. The van der Waals surface area contributed by atoms with Gasteiger partial charge in [0.05, 0.1) is 18.5 Å². The minimum Gasteiger partial charge on any atom is -0.492 e. The minimum absolute atomic E-state index is 0.0652. The van der Waals surface area contributed by atoms with Crippen molar-refractivity contribution in [1.29, 1.82) is 5.26 Å². The minimum atomic E-state index is -0.309. The van der Waals surface area contributed by atoms with Crippen LogP contribution >= 0.6 is 0 Å². The van der Waals surface area contributed by atoms with Crippen LogP contribution < -0.4 is 10.1 Å². The molecular weight excluding hydrogens is 245 g/mol. The van der Waals surface area contributed by atoms with Crippen LogP contribution in [0, 0.1) is 17.1 Å². The zero-order chi connectivity index (χ0) is 13.5. The van der Waals surface area contributed by atoms with E-state index in [0.717, 1.165) is 26.2 Å². The summed E-state index contributed by atoms with van der Waals surface area (Å²) in [5.41, 5.74) is 0. The second kappa shape index (κ2) is 7.07. The SMILES string of the molecule is N#CCC(COc1cccc(F)c1)N1CCNCC1. The number of rotatable bonds is 5. The van der Waals surface area contributed by atoms with Crippen molar-refractivity contribution in [2.45, 2.75) is 12.5 Å². The van der Waals surface area contributed by atoms with E-state index < -0.39 is 0 Å². The van der Waals surface area contributed by atoms with Crippen molar-refractivity contribution in [3.05, 3.63) is 30.1 Å². The summed E-state index contributed by atoms with van der Waals surface area (Å²) in [6.07, 6.45) is 0.426. The first-order valence-electron chi connectivity index (χ1n) is 6.49. The van der Waals surface area contributed by atoms with Crippen LogP contribution in [0.25, 0.3) is 0 Å². The Morgan fingerprint density at radius 1 is 1.42 bits per heavy atom. The Hall–Kier alpha value is -1.64. The first-order valence-corrected chi connectivity index (χ1v) is 6.49. The number of ether oxygens (including phenoxy) is 1. The van der Waals surface area contributed by atoms with Crippen LogP contribution in [0.2, 0.25) is 0 Å². The Labute approximate surface area is 112 Å². The fourth-order valence-corrected chi connectivity index (χ4v) is 2.20. The van der Waals surface area contributed by atoms with Crippen molar-refractivity contribution in [2.75, 3.05) is 32.8 Å². The Morgan fingerprint density at radius 2 is 2.21 bits per heavy atom. The van der Waals surface area contributed by atoms with Crippen LogP contribution in [0.15, 0.2) is 24.3 Å². The molecule has 1 heterocycles. The summed E-state index contributed by atoms with van der Waals surface area (Å²) in [5.74, 6) is 0.203. The lowest BCUT2D eigenvalue weighted by atomic mass is 10.2. The first-order chi connectivity index (χ1) is 9.29. The van der Waals surface area contributed by atoms with Crippen LogP contribution in [0.3, 0.4) is 0 Å². The van der Waals surface area contributed by atoms with Gasteiger partial charge in [0, 0.05) is 32.2 Å². The fraction of sp³-hybridized carbons (Fsp3) is 0.500. The third-order valence-electron chi connectivity index (χ3n) is 3.23. The normalized spacial score (nSPS) is 17.7. The number of benzene rings is 1. The fourth-order valence-electron chi connectivity index (χ4n) is 2.20. The molecule has 1 aliphatic rings. The van der Waals surface area contributed by atoms with E-state index >= 15 is 0 Å². The van der Waals surface area contributed by atoms with E-state index in [1.165, 1.54) is 12.1 Å². The van der Waals surface area contributed by atoms with Crippen molar-refractivity contribution < 1.29 is 9.13 Å². The van der Waals surface area contributed by atoms with Crippen molar-refractivity contribution >= 4 is 0 Å². The van der Waals surface area contributed by atoms with Crippen LogP contribution in [0.5, 0.6) is 5.75 Å². The number of halogens is 1. The Kier molecular flexibility index (Phi) is 5.13. The number of nitrogens with one attached hydrogen (secondary N) is 1. The van der Waals surface area contributed by atoms with Gasteiger partial charge in [0.25, 0.3) is 0 Å². The molecule has 19 heavy (non-hydrogen) atoms. The van der Waals surface area contributed by atoms with Crippen LogP contribution in [0.4, 0.5) is 4.39 Å². The lowest BCUT2D eigenvalue weighted by Crippen LogP contribution is -2.50. The Bertz CT molecular complexity index is 441. The molecule has 5 heteroatoms. The molecule has 1 unspecified atom stereocenters. The molecule has 0 aromatic heterocycles. The molecule has 1 aromatic rings. The van der Waals surface area contributed by atoms with Crippen LogP contribution in [-0.2, 0) is 0 Å². The number of nitriles is 1. The molecule has 0 radical (unpaired) electrons. The van der Waals surface area contributed by atoms with Gasteiger partial charge in [-0.3, -0.25) is 4.90 Å². The molecule has 102 valence electrons. The van der Waals surface area contributed by atoms with Crippen molar-refractivity contribution in [1.82, 2.24) is 10.2 Å². The molecule has 0 spiro atoms. The topological polar surface area (TPSA) is 48.3 Å². The highest BCUT2D eigenvalue weighted by atomic mass is 19.1. The van der Waals surface area contributed by atoms with Gasteiger partial charge in [0.15, 0.2) is 0 Å². The molecule has 0 bridgehead atoms. The Morgan fingerprint density at radius 3 is 2.89 bits per heavy atom. The second-order valence-corrected chi connectivity index (χ2v) is 4.57. The van der Waals surface area contributed by atoms with E-state index in [1.807, 2.05) is 0 Å². The molecule has 1 saturated heterocycles. The highest BCUT2D eigenvalue weighted by Crippen LogP contribution is 2.14. The smallest absolute Gasteiger partial charge is 0.126 e. The van der Waals surface area contributed by atoms with Gasteiger partial charge in [-0.1, -0.05) is 6.07 Å². The molecule has 0 amide bonds. The summed E-state index contributed by atoms with van der Waals surface area (Å²) < 4.78 is 18.6. The molecular formula is C14H18FN3O. The molecule has 1 aliphatic heterocycles. The second-order valence-electron chi connectivity index (χ2n) is 4.57. The highest BCUT2D eigenvalue weighted by Gasteiger charge is 2.20. The van der Waals surface area contributed by atoms with Gasteiger partial charge in [-0.15, -0.1) is 0 Å². The summed E-state index contributed by atoms with van der Waals surface area (Å²) in [5, 5.41) is 12.2. The van der Waals surface area contributed by atoms with E-state index in [9.17, 15) is 4.39 Å². The predicted octanol–water partition coefficient (Wildman–Crippen LogP) is 1.39. The molecule has 2 rings (SSSR count). The molecule has 1 N–H and O–H groups in total. The molecule has 4 nitrogen and oxygen atoms in total. The van der Waals surface area contributed by atoms with Crippen molar-refractivity contribution in [2.24, 2.45) is 0 Å². The van der Waals surface area contributed by atoms with E-state index in [4.69, 9.17) is 10.00 Å². The van der Waals surface area contributed by atoms with Crippen LogP contribution in [-0.4, -0.2) is 43.7 Å². The summed E-state index contributed by atoms with van der Waals surface area (Å²) in [6, 6.07) is 8.36. The molecule has 1 atom stereocenters. The maximum Gasteiger partial charge on any atom is 0.126 e. The average molecular weight is 263 g/mol. The standard InChI is InChI=1S/C14H18FN3O/c15-12-2-1-3-14(10-12)19-11-13(4-5-16)18-8-6-17-7-9-18/h1-3,10,13,17H,4,6-9,11H2. The van der Waals surface area contributed by atoms with Crippen molar-refractivity contribution in [3.8, 4) is 11.8 Å². The van der Waals surface area contributed by atoms with Gasteiger partial charge >= 0.3 is 0 Å². The van der Waals surface area contributed by atoms with Crippen LogP contribution in [0.1, 0.15) is 6.42 Å². The van der Waals surface area contributed by atoms with Gasteiger partial charge in [-0.05, 0) is 12.1 Å². The van der Waals surface area contributed by atoms with E-state index in [0.29, 0.717) is 18.8 Å². The summed E-state index contributed by atoms with van der Waals surface area (Å²) in [6.45, 7) is 4.11. The third kappa shape index (κ3) is 4.19. The largest absolute Gasteiger partial charge is 0.492 e. The van der Waals surface area contributed by atoms with Gasteiger partial charge in [-0.2, -0.15) is 5.26 Å². The van der Waals surface area contributed by atoms with E-state index in [-0.39, 0.29) is 11.9 Å². The van der Waals surface area contributed by atoms with Crippen molar-refractivity contribution in [3.63, 3.8) is 0 Å². The molecule has 1 aromatic carbocycles. The first kappa shape index (κ1) is 13.8. The quantitative estimate of drug-likeness (QED) is 0.872. The van der Waals surface area contributed by atoms with Gasteiger partial charge in [0.2, 0.25) is 0 Å². The lowest BCUT2D eigenvalue weighted by molar-refractivity contribution is 0.123. The highest BCUT2D eigenvalue weighted by molar-refractivity contribution is 5.22. The number of nitrogens with zero attached hydrogens (tertiary/aromatic N) is 2. The van der Waals surface area contributed by atoms with E-state index in [1.54, 1.807) is 12.1 Å². The van der Waals surface area contributed by atoms with Gasteiger partial charge in [-0.25, -0.2) is 4.39 Å². The van der Waals surface area contributed by atoms with Gasteiger partial charge in [0.1, 0.15) is 18.2 Å². The average Bonchev–Trinajstić information content (AvgIpc) is 2.44. The summed E-state index contributed by atoms with van der Waals surface area (Å²) in [7, 11) is 0. The zero-order valence-electron chi connectivity index (χ0n) is 10.8. The maximum absolute atomic E-state index is 13.0. The molecule has 0 aliphatic carbocycles. The Balaban J connectivity index is 1.91. The predicted molar refractivity (Wildman–Crippen MR) is 70.4 cm³/mol. The van der Waals surface area contributed by atoms with E-state index in [2.05, 4.69) is 16.3 Å². The summed E-state index contributed by atoms with van der Waals surface area (Å²) >= 11 is 0. The van der Waals surface area contributed by atoms with Gasteiger partial charge < -0.3 is 10.1 Å². The monoisotopic (exact) mass is 263 g/mol. The molecule has 0 saturated carbocycles. The number of hydrogen-bond acceptors (Lipinski definition) is 4. The number of hydrogen-bond donors (Lipinski definition) is 1. The molecule has 1 fully saturated rings. The third-order valence-corrected chi connectivity index (χ3v) is 3.23. The summed E-state index contributed by atoms with van der Waals surface area (Å²) in [4.78, 5) is 2.25. The zero-order valence-corrected chi connectivity index (χ0v) is 10.8. The number of piperazine rings is 1. The maximum atomic E-state index is 13.0.